The van der Waals surface area contributed by atoms with E-state index in [2.05, 4.69) is 21.2 Å². The fourth-order valence-corrected chi connectivity index (χ4v) is 2.02. The molecule has 88 valence electrons. The Morgan fingerprint density at radius 1 is 1.38 bits per heavy atom. The monoisotopic (exact) mass is 286 g/mol. The zero-order valence-electron chi connectivity index (χ0n) is 9.80. The molecule has 0 radical (unpaired) electrons. The van der Waals surface area contributed by atoms with Gasteiger partial charge in [-0.05, 0) is 17.5 Å². The molecule has 0 aromatic heterocycles. The Bertz CT molecular complexity index is 425. The molecular formula is C11H15BrN2O2. The van der Waals surface area contributed by atoms with Crippen molar-refractivity contribution in [1.29, 1.82) is 0 Å². The SMILES string of the molecule is CNc1cc(Br)cc(C(C)(C)C)c1[N+](=O)[O-]. The number of hydrogen-bond donors (Lipinski definition) is 1. The zero-order chi connectivity index (χ0) is 12.5. The summed E-state index contributed by atoms with van der Waals surface area (Å²) in [7, 11) is 1.68. The maximum Gasteiger partial charge on any atom is 0.296 e. The third kappa shape index (κ3) is 2.52. The minimum absolute atomic E-state index is 0.151. The van der Waals surface area contributed by atoms with Crippen molar-refractivity contribution < 1.29 is 4.92 Å². The lowest BCUT2D eigenvalue weighted by Gasteiger charge is -2.20. The van der Waals surface area contributed by atoms with E-state index < -0.39 is 0 Å². The van der Waals surface area contributed by atoms with Crippen molar-refractivity contribution in [3.63, 3.8) is 0 Å². The van der Waals surface area contributed by atoms with Crippen molar-refractivity contribution in [2.75, 3.05) is 12.4 Å². The van der Waals surface area contributed by atoms with E-state index in [-0.39, 0.29) is 16.0 Å². The fraction of sp³-hybridized carbons (Fsp3) is 0.455. The van der Waals surface area contributed by atoms with Crippen LogP contribution in [-0.2, 0) is 5.41 Å². The van der Waals surface area contributed by atoms with Gasteiger partial charge in [0, 0.05) is 17.1 Å². The molecule has 5 heteroatoms. The van der Waals surface area contributed by atoms with Crippen LogP contribution in [0.2, 0.25) is 0 Å². The Kier molecular flexibility index (Phi) is 3.57. The number of nitro groups is 1. The van der Waals surface area contributed by atoms with Crippen molar-refractivity contribution in [2.24, 2.45) is 0 Å². The molecule has 0 saturated carbocycles. The third-order valence-corrected chi connectivity index (χ3v) is 2.79. The molecule has 0 unspecified atom stereocenters. The van der Waals surface area contributed by atoms with Crippen LogP contribution >= 0.6 is 15.9 Å². The molecule has 0 saturated heterocycles. The van der Waals surface area contributed by atoms with Gasteiger partial charge in [0.25, 0.3) is 5.69 Å². The standard InChI is InChI=1S/C11H15BrN2O2/c1-11(2,3)8-5-7(12)6-9(13-4)10(8)14(15)16/h5-6,13H,1-4H3. The van der Waals surface area contributed by atoms with Crippen molar-refractivity contribution in [2.45, 2.75) is 26.2 Å². The first kappa shape index (κ1) is 13.0. The van der Waals surface area contributed by atoms with Crippen molar-refractivity contribution >= 4 is 27.3 Å². The molecule has 0 spiro atoms. The Morgan fingerprint density at radius 2 is 1.94 bits per heavy atom. The lowest BCUT2D eigenvalue weighted by molar-refractivity contribution is -0.385. The van der Waals surface area contributed by atoms with Crippen LogP contribution in [0.25, 0.3) is 0 Å². The first-order chi connectivity index (χ1) is 7.27. The summed E-state index contributed by atoms with van der Waals surface area (Å²) in [5.41, 5.74) is 1.14. The summed E-state index contributed by atoms with van der Waals surface area (Å²) in [6, 6.07) is 3.52. The Balaban J connectivity index is 3.57. The minimum atomic E-state index is -0.334. The molecule has 1 aromatic rings. The molecule has 0 amide bonds. The number of hydrogen-bond acceptors (Lipinski definition) is 3. The van der Waals surface area contributed by atoms with E-state index in [4.69, 9.17) is 0 Å². The summed E-state index contributed by atoms with van der Waals surface area (Å²) < 4.78 is 0.840. The van der Waals surface area contributed by atoms with Gasteiger partial charge in [-0.2, -0.15) is 0 Å². The normalized spacial score (nSPS) is 11.3. The third-order valence-electron chi connectivity index (χ3n) is 2.33. The number of rotatable bonds is 2. The summed E-state index contributed by atoms with van der Waals surface area (Å²) in [6.45, 7) is 5.88. The highest BCUT2D eigenvalue weighted by Gasteiger charge is 2.28. The maximum absolute atomic E-state index is 11.1. The Morgan fingerprint density at radius 3 is 2.31 bits per heavy atom. The number of nitro benzene ring substituents is 1. The van der Waals surface area contributed by atoms with Crippen LogP contribution in [0.15, 0.2) is 16.6 Å². The van der Waals surface area contributed by atoms with E-state index in [0.717, 1.165) is 10.0 Å². The molecule has 0 bridgehead atoms. The average molecular weight is 287 g/mol. The lowest BCUT2D eigenvalue weighted by atomic mass is 9.85. The van der Waals surface area contributed by atoms with Gasteiger partial charge in [-0.1, -0.05) is 36.7 Å². The van der Waals surface area contributed by atoms with E-state index in [1.54, 1.807) is 19.2 Å². The molecule has 16 heavy (non-hydrogen) atoms. The predicted octanol–water partition coefficient (Wildman–Crippen LogP) is 3.70. The molecule has 0 aliphatic rings. The topological polar surface area (TPSA) is 55.2 Å². The minimum Gasteiger partial charge on any atom is -0.383 e. The van der Waals surface area contributed by atoms with Crippen molar-refractivity contribution in [3.05, 3.63) is 32.3 Å². The summed E-state index contributed by atoms with van der Waals surface area (Å²) in [4.78, 5) is 10.8. The number of nitrogens with one attached hydrogen (secondary N) is 1. The molecule has 0 aliphatic carbocycles. The van der Waals surface area contributed by atoms with Crippen molar-refractivity contribution in [1.82, 2.24) is 0 Å². The number of nitrogens with zero attached hydrogens (tertiary/aromatic N) is 1. The van der Waals surface area contributed by atoms with Gasteiger partial charge in [-0.25, -0.2) is 0 Å². The molecule has 4 nitrogen and oxygen atoms in total. The summed E-state index contributed by atoms with van der Waals surface area (Å²) in [6.07, 6.45) is 0. The summed E-state index contributed by atoms with van der Waals surface area (Å²) >= 11 is 3.37. The highest BCUT2D eigenvalue weighted by molar-refractivity contribution is 9.10. The van der Waals surface area contributed by atoms with E-state index in [1.165, 1.54) is 0 Å². The highest BCUT2D eigenvalue weighted by atomic mass is 79.9. The molecule has 0 aliphatic heterocycles. The van der Waals surface area contributed by atoms with Gasteiger partial charge in [0.1, 0.15) is 5.69 Å². The smallest absolute Gasteiger partial charge is 0.296 e. The second-order valence-corrected chi connectivity index (χ2v) is 5.52. The van der Waals surface area contributed by atoms with Gasteiger partial charge in [0.15, 0.2) is 0 Å². The highest BCUT2D eigenvalue weighted by Crippen LogP contribution is 2.38. The van der Waals surface area contributed by atoms with Gasteiger partial charge in [-0.15, -0.1) is 0 Å². The zero-order valence-corrected chi connectivity index (χ0v) is 11.4. The van der Waals surface area contributed by atoms with E-state index in [0.29, 0.717) is 5.69 Å². The maximum atomic E-state index is 11.1. The molecule has 1 N–H and O–H groups in total. The molecule has 1 rings (SSSR count). The van der Waals surface area contributed by atoms with Crippen molar-refractivity contribution in [3.8, 4) is 0 Å². The molecule has 0 atom stereocenters. The Labute approximate surface area is 103 Å². The fourth-order valence-electron chi connectivity index (χ4n) is 1.56. The molecule has 1 aromatic carbocycles. The van der Waals surface area contributed by atoms with Gasteiger partial charge < -0.3 is 5.32 Å². The van der Waals surface area contributed by atoms with Crippen LogP contribution in [-0.4, -0.2) is 12.0 Å². The summed E-state index contributed by atoms with van der Waals surface area (Å²) in [5, 5.41) is 14.0. The predicted molar refractivity (Wildman–Crippen MR) is 69.0 cm³/mol. The van der Waals surface area contributed by atoms with Crippen LogP contribution in [0.3, 0.4) is 0 Å². The second-order valence-electron chi connectivity index (χ2n) is 4.61. The van der Waals surface area contributed by atoms with E-state index in [1.807, 2.05) is 20.8 Å². The van der Waals surface area contributed by atoms with Crippen LogP contribution in [0.1, 0.15) is 26.3 Å². The van der Waals surface area contributed by atoms with Gasteiger partial charge >= 0.3 is 0 Å². The van der Waals surface area contributed by atoms with E-state index in [9.17, 15) is 10.1 Å². The largest absolute Gasteiger partial charge is 0.383 e. The van der Waals surface area contributed by atoms with Crippen LogP contribution < -0.4 is 5.32 Å². The first-order valence-corrected chi connectivity index (χ1v) is 5.73. The quantitative estimate of drug-likeness (QED) is 0.666. The Hall–Kier alpha value is -1.10. The van der Waals surface area contributed by atoms with Gasteiger partial charge in [0.05, 0.1) is 4.92 Å². The van der Waals surface area contributed by atoms with Crippen LogP contribution in [0, 0.1) is 10.1 Å². The number of halogens is 1. The molecule has 0 heterocycles. The van der Waals surface area contributed by atoms with E-state index >= 15 is 0 Å². The lowest BCUT2D eigenvalue weighted by Crippen LogP contribution is -2.15. The van der Waals surface area contributed by atoms with Crippen LogP contribution in [0.5, 0.6) is 0 Å². The first-order valence-electron chi connectivity index (χ1n) is 4.93. The molecule has 0 fully saturated rings. The van der Waals surface area contributed by atoms with Gasteiger partial charge in [-0.3, -0.25) is 10.1 Å². The summed E-state index contributed by atoms with van der Waals surface area (Å²) in [5.74, 6) is 0. The average Bonchev–Trinajstić information content (AvgIpc) is 2.14. The second kappa shape index (κ2) is 4.41. The number of anilines is 1. The number of benzene rings is 1. The molecular weight excluding hydrogens is 272 g/mol. The van der Waals surface area contributed by atoms with Gasteiger partial charge in [0.2, 0.25) is 0 Å². The van der Waals surface area contributed by atoms with Crippen LogP contribution in [0.4, 0.5) is 11.4 Å².